The van der Waals surface area contributed by atoms with Gasteiger partial charge >= 0.3 is 0 Å². The van der Waals surface area contributed by atoms with Crippen molar-refractivity contribution in [1.82, 2.24) is 10.2 Å². The summed E-state index contributed by atoms with van der Waals surface area (Å²) in [4.78, 5) is 0.0338. The third-order valence-electron chi connectivity index (χ3n) is 6.00. The SMILES string of the molecule is Cc1nnc(CC2CCC(c3cc(F)ccc3F)(S(=O)(=O)c3ccc(Cl)cc3)CC2)o1. The normalized spacial score (nSPS) is 21.9. The molecule has 1 aromatic heterocycles. The Kier molecular flexibility index (Phi) is 5.87. The van der Waals surface area contributed by atoms with E-state index in [4.69, 9.17) is 16.0 Å². The molecule has 0 atom stereocenters. The number of hydrogen-bond donors (Lipinski definition) is 0. The van der Waals surface area contributed by atoms with Crippen molar-refractivity contribution in [1.29, 1.82) is 0 Å². The van der Waals surface area contributed by atoms with E-state index in [9.17, 15) is 17.2 Å². The van der Waals surface area contributed by atoms with E-state index in [1.807, 2.05) is 0 Å². The summed E-state index contributed by atoms with van der Waals surface area (Å²) in [5, 5.41) is 8.22. The predicted octanol–water partition coefficient (Wildman–Crippen LogP) is 5.41. The minimum Gasteiger partial charge on any atom is -0.426 e. The highest BCUT2D eigenvalue weighted by Gasteiger charge is 2.50. The molecule has 0 aliphatic heterocycles. The predicted molar refractivity (Wildman–Crippen MR) is 111 cm³/mol. The van der Waals surface area contributed by atoms with Crippen molar-refractivity contribution in [3.05, 3.63) is 76.5 Å². The molecular formula is C22H21ClF2N2O3S. The standard InChI is InChI=1S/C22H21ClF2N2O3S/c1-14-26-27-21(30-14)12-15-8-10-22(11-9-15,19-13-17(24)4-7-20(19)25)31(28,29)18-5-2-16(23)3-6-18/h2-7,13,15H,8-12H2,1H3. The maximum atomic E-state index is 14.9. The van der Waals surface area contributed by atoms with Crippen LogP contribution in [0.25, 0.3) is 0 Å². The first-order valence-corrected chi connectivity index (χ1v) is 11.8. The Balaban J connectivity index is 1.73. The Morgan fingerprint density at radius 1 is 1.10 bits per heavy atom. The fourth-order valence-electron chi connectivity index (χ4n) is 4.38. The molecule has 1 fully saturated rings. The van der Waals surface area contributed by atoms with Crippen LogP contribution in [-0.4, -0.2) is 18.6 Å². The van der Waals surface area contributed by atoms with Crippen LogP contribution in [0.4, 0.5) is 8.78 Å². The molecule has 0 unspecified atom stereocenters. The Bertz CT molecular complexity index is 1190. The average molecular weight is 467 g/mol. The van der Waals surface area contributed by atoms with Crippen LogP contribution >= 0.6 is 11.6 Å². The van der Waals surface area contributed by atoms with Gasteiger partial charge in [-0.15, -0.1) is 10.2 Å². The third-order valence-corrected chi connectivity index (χ3v) is 8.80. The Morgan fingerprint density at radius 2 is 1.77 bits per heavy atom. The van der Waals surface area contributed by atoms with E-state index in [1.165, 1.54) is 24.3 Å². The number of rotatable bonds is 5. The zero-order chi connectivity index (χ0) is 22.2. The van der Waals surface area contributed by atoms with Gasteiger partial charge in [-0.3, -0.25) is 0 Å². The van der Waals surface area contributed by atoms with E-state index in [-0.39, 0.29) is 29.2 Å². The Labute approximate surface area is 184 Å². The second-order valence-electron chi connectivity index (χ2n) is 7.94. The number of nitrogens with zero attached hydrogens (tertiary/aromatic N) is 2. The molecule has 0 amide bonds. The minimum atomic E-state index is -4.04. The molecular weight excluding hydrogens is 446 g/mol. The van der Waals surface area contributed by atoms with Crippen LogP contribution in [0.5, 0.6) is 0 Å². The van der Waals surface area contributed by atoms with Crippen molar-refractivity contribution in [3.63, 3.8) is 0 Å². The van der Waals surface area contributed by atoms with Gasteiger partial charge in [-0.25, -0.2) is 17.2 Å². The van der Waals surface area contributed by atoms with Crippen LogP contribution in [0, 0.1) is 24.5 Å². The highest BCUT2D eigenvalue weighted by Crippen LogP contribution is 2.49. The van der Waals surface area contributed by atoms with Crippen LogP contribution in [0.2, 0.25) is 5.02 Å². The topological polar surface area (TPSA) is 73.1 Å². The molecule has 0 spiro atoms. The molecule has 164 valence electrons. The molecule has 1 aliphatic carbocycles. The molecule has 1 aliphatic rings. The van der Waals surface area contributed by atoms with E-state index in [0.717, 1.165) is 18.2 Å². The van der Waals surface area contributed by atoms with Gasteiger partial charge in [-0.2, -0.15) is 0 Å². The molecule has 0 saturated heterocycles. The minimum absolute atomic E-state index is 0.0338. The van der Waals surface area contributed by atoms with Gasteiger partial charge in [-0.1, -0.05) is 11.6 Å². The molecule has 9 heteroatoms. The fourth-order valence-corrected chi connectivity index (χ4v) is 6.67. The van der Waals surface area contributed by atoms with Gasteiger partial charge in [0.2, 0.25) is 11.8 Å². The van der Waals surface area contributed by atoms with Crippen LogP contribution in [-0.2, 0) is 21.0 Å². The number of hydrogen-bond acceptors (Lipinski definition) is 5. The van der Waals surface area contributed by atoms with Gasteiger partial charge in [0, 0.05) is 23.9 Å². The van der Waals surface area contributed by atoms with Gasteiger partial charge in [-0.05, 0) is 74.1 Å². The maximum absolute atomic E-state index is 14.9. The van der Waals surface area contributed by atoms with E-state index in [1.54, 1.807) is 6.92 Å². The summed E-state index contributed by atoms with van der Waals surface area (Å²) in [6.07, 6.45) is 1.80. The van der Waals surface area contributed by atoms with Crippen LogP contribution in [0.15, 0.2) is 51.8 Å². The Hall–Kier alpha value is -2.32. The largest absolute Gasteiger partial charge is 0.426 e. The van der Waals surface area contributed by atoms with Crippen molar-refractivity contribution in [2.24, 2.45) is 5.92 Å². The molecule has 2 aromatic carbocycles. The lowest BCUT2D eigenvalue weighted by atomic mass is 9.76. The molecule has 0 bridgehead atoms. The highest BCUT2D eigenvalue weighted by molar-refractivity contribution is 7.92. The van der Waals surface area contributed by atoms with E-state index in [0.29, 0.717) is 36.1 Å². The van der Waals surface area contributed by atoms with Crippen molar-refractivity contribution in [2.75, 3.05) is 0 Å². The maximum Gasteiger partial charge on any atom is 0.216 e. The lowest BCUT2D eigenvalue weighted by molar-refractivity contribution is 0.271. The van der Waals surface area contributed by atoms with Crippen molar-refractivity contribution >= 4 is 21.4 Å². The summed E-state index contributed by atoms with van der Waals surface area (Å²) in [6.45, 7) is 1.70. The number of sulfone groups is 1. The van der Waals surface area contributed by atoms with E-state index in [2.05, 4.69) is 10.2 Å². The second-order valence-corrected chi connectivity index (χ2v) is 10.6. The Morgan fingerprint density at radius 3 is 2.39 bits per heavy atom. The lowest BCUT2D eigenvalue weighted by Gasteiger charge is -2.40. The lowest BCUT2D eigenvalue weighted by Crippen LogP contribution is -2.41. The third kappa shape index (κ3) is 4.11. The molecule has 31 heavy (non-hydrogen) atoms. The number of aryl methyl sites for hydroxylation is 1. The van der Waals surface area contributed by atoms with Gasteiger partial charge in [0.05, 0.1) is 4.90 Å². The monoisotopic (exact) mass is 466 g/mol. The summed E-state index contributed by atoms with van der Waals surface area (Å²) in [5.74, 6) is -0.347. The summed E-state index contributed by atoms with van der Waals surface area (Å²) >= 11 is 5.92. The van der Waals surface area contributed by atoms with Gasteiger partial charge in [0.1, 0.15) is 16.4 Å². The zero-order valence-electron chi connectivity index (χ0n) is 16.8. The summed E-state index contributed by atoms with van der Waals surface area (Å²) in [6, 6.07) is 8.75. The summed E-state index contributed by atoms with van der Waals surface area (Å²) in [5.41, 5.74) is -0.130. The first kappa shape index (κ1) is 21.9. The second kappa shape index (κ2) is 8.31. The van der Waals surface area contributed by atoms with Crippen LogP contribution < -0.4 is 0 Å². The first-order valence-electron chi connectivity index (χ1n) is 9.96. The summed E-state index contributed by atoms with van der Waals surface area (Å²) in [7, 11) is -4.04. The van der Waals surface area contributed by atoms with Gasteiger partial charge < -0.3 is 4.42 Å². The molecule has 3 aromatic rings. The first-order chi connectivity index (χ1) is 14.7. The van der Waals surface area contributed by atoms with Crippen LogP contribution in [0.1, 0.15) is 43.0 Å². The van der Waals surface area contributed by atoms with Crippen molar-refractivity contribution in [2.45, 2.75) is 48.7 Å². The fraction of sp³-hybridized carbons (Fsp3) is 0.364. The summed E-state index contributed by atoms with van der Waals surface area (Å²) < 4.78 is 60.4. The highest BCUT2D eigenvalue weighted by atomic mass is 35.5. The van der Waals surface area contributed by atoms with Crippen LogP contribution in [0.3, 0.4) is 0 Å². The van der Waals surface area contributed by atoms with Crippen molar-refractivity contribution in [3.8, 4) is 0 Å². The van der Waals surface area contributed by atoms with Gasteiger partial charge in [0.15, 0.2) is 9.84 Å². The molecule has 1 heterocycles. The molecule has 4 rings (SSSR count). The smallest absolute Gasteiger partial charge is 0.216 e. The number of benzene rings is 2. The zero-order valence-corrected chi connectivity index (χ0v) is 18.4. The van der Waals surface area contributed by atoms with E-state index >= 15 is 0 Å². The number of halogens is 3. The van der Waals surface area contributed by atoms with Crippen molar-refractivity contribution < 1.29 is 21.6 Å². The quantitative estimate of drug-likeness (QED) is 0.502. The average Bonchev–Trinajstić information content (AvgIpc) is 3.15. The molecule has 0 radical (unpaired) electrons. The molecule has 5 nitrogen and oxygen atoms in total. The molecule has 0 N–H and O–H groups in total. The molecule has 1 saturated carbocycles. The van der Waals surface area contributed by atoms with Gasteiger partial charge in [0.25, 0.3) is 0 Å². The van der Waals surface area contributed by atoms with E-state index < -0.39 is 26.2 Å². The number of aromatic nitrogens is 2.